The molecule has 0 unspecified atom stereocenters. The summed E-state index contributed by atoms with van der Waals surface area (Å²) >= 11 is 0. The highest BCUT2D eigenvalue weighted by atomic mass is 16.5. The summed E-state index contributed by atoms with van der Waals surface area (Å²) in [4.78, 5) is 0. The van der Waals surface area contributed by atoms with E-state index in [0.29, 0.717) is 6.73 Å². The van der Waals surface area contributed by atoms with Gasteiger partial charge in [-0.25, -0.2) is 10.1 Å². The van der Waals surface area contributed by atoms with Crippen molar-refractivity contribution in [2.45, 2.75) is 6.92 Å². The Hall–Kier alpha value is -1.55. The van der Waals surface area contributed by atoms with E-state index < -0.39 is 6.61 Å². The average Bonchev–Trinajstić information content (AvgIpc) is 2.66. The molecule has 0 atom stereocenters. The molecule has 0 fully saturated rings. The first-order valence-electron chi connectivity index (χ1n) is 4.42. The van der Waals surface area contributed by atoms with E-state index in [4.69, 9.17) is 4.74 Å². The van der Waals surface area contributed by atoms with Crippen LogP contribution >= 0.6 is 0 Å². The molecule has 73 valence electrons. The van der Waals surface area contributed by atoms with Crippen molar-refractivity contribution in [1.82, 2.24) is 0 Å². The summed E-state index contributed by atoms with van der Waals surface area (Å²) in [5, 5.41) is 16.2. The minimum Gasteiger partial charge on any atom is -0.455 e. The van der Waals surface area contributed by atoms with Gasteiger partial charge in [-0.2, -0.15) is 0 Å². The number of nitrogens with zero attached hydrogens (tertiary/aromatic N) is 2. The van der Waals surface area contributed by atoms with E-state index in [1.165, 1.54) is 0 Å². The Kier molecular flexibility index (Phi) is 2.37. The van der Waals surface area contributed by atoms with Gasteiger partial charge in [-0.1, -0.05) is 12.1 Å². The zero-order chi connectivity index (χ0) is 9.97. The lowest BCUT2D eigenvalue weighted by Gasteiger charge is -2.11. The second kappa shape index (κ2) is 3.67. The van der Waals surface area contributed by atoms with E-state index in [1.54, 1.807) is 5.01 Å². The number of hydrogen-bond donors (Lipinski definition) is 0. The van der Waals surface area contributed by atoms with Gasteiger partial charge in [0.05, 0.1) is 5.69 Å². The van der Waals surface area contributed by atoms with Crippen molar-refractivity contribution in [1.29, 1.82) is 0 Å². The Bertz CT molecular complexity index is 363. The van der Waals surface area contributed by atoms with E-state index in [-0.39, 0.29) is 5.90 Å². The van der Waals surface area contributed by atoms with Crippen LogP contribution < -0.4 is 5.01 Å². The minimum atomic E-state index is -0.400. The summed E-state index contributed by atoms with van der Waals surface area (Å²) in [6.07, 6.45) is 0. The van der Waals surface area contributed by atoms with Crippen LogP contribution in [0.15, 0.2) is 29.4 Å². The SMILES string of the molecule is Cc1cccc(N2COC(C[O])=N2)c1. The Morgan fingerprint density at radius 3 is 3.07 bits per heavy atom. The predicted octanol–water partition coefficient (Wildman–Crippen LogP) is 1.53. The van der Waals surface area contributed by atoms with Gasteiger partial charge in [0.15, 0.2) is 13.3 Å². The zero-order valence-corrected chi connectivity index (χ0v) is 7.93. The molecule has 1 aromatic rings. The van der Waals surface area contributed by atoms with Crippen molar-refractivity contribution < 1.29 is 9.84 Å². The monoisotopic (exact) mass is 191 g/mol. The van der Waals surface area contributed by atoms with Crippen LogP contribution in [0.25, 0.3) is 0 Å². The van der Waals surface area contributed by atoms with Crippen molar-refractivity contribution in [3.8, 4) is 0 Å². The summed E-state index contributed by atoms with van der Waals surface area (Å²) in [5.74, 6) is 0.256. The molecule has 14 heavy (non-hydrogen) atoms. The maximum absolute atomic E-state index is 10.5. The van der Waals surface area contributed by atoms with E-state index in [9.17, 15) is 5.11 Å². The van der Waals surface area contributed by atoms with Crippen LogP contribution in [0.1, 0.15) is 5.56 Å². The molecule has 4 heteroatoms. The molecule has 2 rings (SSSR count). The average molecular weight is 191 g/mol. The first-order chi connectivity index (χ1) is 6.79. The van der Waals surface area contributed by atoms with Gasteiger partial charge in [0.2, 0.25) is 5.90 Å². The van der Waals surface area contributed by atoms with Crippen LogP contribution in [0.4, 0.5) is 5.69 Å². The van der Waals surface area contributed by atoms with E-state index in [2.05, 4.69) is 5.10 Å². The summed E-state index contributed by atoms with van der Waals surface area (Å²) in [5.41, 5.74) is 2.11. The quantitative estimate of drug-likeness (QED) is 0.711. The molecule has 0 bridgehead atoms. The van der Waals surface area contributed by atoms with Gasteiger partial charge in [0.25, 0.3) is 0 Å². The topological polar surface area (TPSA) is 44.7 Å². The van der Waals surface area contributed by atoms with Gasteiger partial charge >= 0.3 is 0 Å². The van der Waals surface area contributed by atoms with Crippen LogP contribution in [-0.4, -0.2) is 19.2 Å². The molecule has 0 spiro atoms. The first-order valence-corrected chi connectivity index (χ1v) is 4.42. The molecule has 1 heterocycles. The van der Waals surface area contributed by atoms with Crippen LogP contribution in [0.5, 0.6) is 0 Å². The molecular formula is C10H11N2O2. The molecule has 0 N–H and O–H groups in total. The molecule has 1 radical (unpaired) electrons. The van der Waals surface area contributed by atoms with Gasteiger partial charge in [-0.05, 0) is 24.6 Å². The van der Waals surface area contributed by atoms with Crippen molar-refractivity contribution in [3.63, 3.8) is 0 Å². The minimum absolute atomic E-state index is 0.256. The number of ether oxygens (including phenoxy) is 1. The van der Waals surface area contributed by atoms with Crippen molar-refractivity contribution in [3.05, 3.63) is 29.8 Å². The van der Waals surface area contributed by atoms with Crippen molar-refractivity contribution in [2.24, 2.45) is 5.10 Å². The Morgan fingerprint density at radius 1 is 1.57 bits per heavy atom. The van der Waals surface area contributed by atoms with Crippen LogP contribution in [0.3, 0.4) is 0 Å². The second-order valence-electron chi connectivity index (χ2n) is 3.15. The summed E-state index contributed by atoms with van der Waals surface area (Å²) in [7, 11) is 0. The fourth-order valence-corrected chi connectivity index (χ4v) is 1.32. The van der Waals surface area contributed by atoms with Crippen LogP contribution in [0.2, 0.25) is 0 Å². The molecule has 4 nitrogen and oxygen atoms in total. The highest BCUT2D eigenvalue weighted by molar-refractivity contribution is 5.80. The number of benzene rings is 1. The first kappa shape index (κ1) is 9.02. The molecule has 1 aliphatic rings. The lowest BCUT2D eigenvalue weighted by molar-refractivity contribution is 0.211. The molecule has 0 saturated carbocycles. The van der Waals surface area contributed by atoms with Crippen LogP contribution in [0, 0.1) is 6.92 Å². The summed E-state index contributed by atoms with van der Waals surface area (Å²) < 4.78 is 5.07. The number of anilines is 1. The highest BCUT2D eigenvalue weighted by Gasteiger charge is 2.16. The third kappa shape index (κ3) is 1.70. The Balaban J connectivity index is 2.21. The highest BCUT2D eigenvalue weighted by Crippen LogP contribution is 2.18. The van der Waals surface area contributed by atoms with E-state index >= 15 is 0 Å². The second-order valence-corrected chi connectivity index (χ2v) is 3.15. The molecule has 0 saturated heterocycles. The van der Waals surface area contributed by atoms with Gasteiger partial charge in [-0.15, -0.1) is 5.10 Å². The lowest BCUT2D eigenvalue weighted by atomic mass is 10.2. The molecular weight excluding hydrogens is 180 g/mol. The fourth-order valence-electron chi connectivity index (χ4n) is 1.32. The number of rotatable bonds is 2. The largest absolute Gasteiger partial charge is 0.455 e. The smallest absolute Gasteiger partial charge is 0.238 e. The molecule has 0 amide bonds. The summed E-state index contributed by atoms with van der Waals surface area (Å²) in [6.45, 7) is 1.95. The third-order valence-corrected chi connectivity index (χ3v) is 2.01. The lowest BCUT2D eigenvalue weighted by Crippen LogP contribution is -2.12. The zero-order valence-electron chi connectivity index (χ0n) is 7.93. The van der Waals surface area contributed by atoms with Gasteiger partial charge in [0.1, 0.15) is 0 Å². The van der Waals surface area contributed by atoms with E-state index in [1.807, 2.05) is 31.2 Å². The van der Waals surface area contributed by atoms with Gasteiger partial charge < -0.3 is 4.74 Å². The van der Waals surface area contributed by atoms with E-state index in [0.717, 1.165) is 11.3 Å². The third-order valence-electron chi connectivity index (χ3n) is 2.01. The summed E-state index contributed by atoms with van der Waals surface area (Å²) in [6, 6.07) is 7.90. The normalized spacial score (nSPS) is 15.3. The predicted molar refractivity (Wildman–Crippen MR) is 52.6 cm³/mol. The van der Waals surface area contributed by atoms with Crippen molar-refractivity contribution in [2.75, 3.05) is 18.3 Å². The maximum Gasteiger partial charge on any atom is 0.238 e. The molecule has 0 aromatic heterocycles. The van der Waals surface area contributed by atoms with Crippen LogP contribution in [-0.2, 0) is 9.84 Å². The maximum atomic E-state index is 10.5. The Morgan fingerprint density at radius 2 is 2.43 bits per heavy atom. The number of aryl methyl sites for hydroxylation is 1. The van der Waals surface area contributed by atoms with Crippen molar-refractivity contribution >= 4 is 11.6 Å². The number of hydrogen-bond acceptors (Lipinski definition) is 3. The fraction of sp³-hybridized carbons (Fsp3) is 0.300. The molecule has 1 aromatic carbocycles. The standard InChI is InChI=1S/C10H11N2O2/c1-8-3-2-4-9(5-8)12-7-14-10(6-13)11-12/h2-5H,6-7H2,1H3. The van der Waals surface area contributed by atoms with Gasteiger partial charge in [0, 0.05) is 0 Å². The Labute approximate surface area is 82.4 Å². The van der Waals surface area contributed by atoms with Gasteiger partial charge in [-0.3, -0.25) is 0 Å². The molecule has 1 aliphatic heterocycles. The molecule has 0 aliphatic carbocycles. The number of hydrazone groups is 1.